The zero-order chi connectivity index (χ0) is 9.40. The van der Waals surface area contributed by atoms with E-state index in [1.807, 2.05) is 0 Å². The summed E-state index contributed by atoms with van der Waals surface area (Å²) in [6.07, 6.45) is 0.164. The molecule has 0 radical (unpaired) electrons. The van der Waals surface area contributed by atoms with Crippen LogP contribution in [-0.2, 0) is 24.0 Å². The van der Waals surface area contributed by atoms with E-state index in [2.05, 4.69) is 15.5 Å². The van der Waals surface area contributed by atoms with Crippen LogP contribution in [0.4, 0.5) is 0 Å². The quantitative estimate of drug-likeness (QED) is 0.324. The summed E-state index contributed by atoms with van der Waals surface area (Å²) in [6, 6.07) is 0. The number of rotatable bonds is 5. The minimum atomic E-state index is -0.696. The second kappa shape index (κ2) is 6.29. The number of esters is 1. The fourth-order valence-electron chi connectivity index (χ4n) is 0.462. The first kappa shape index (κ1) is 10.6. The van der Waals surface area contributed by atoms with Crippen LogP contribution in [0.5, 0.6) is 0 Å². The van der Waals surface area contributed by atoms with E-state index in [4.69, 9.17) is 0 Å². The summed E-state index contributed by atoms with van der Waals surface area (Å²) < 4.78 is 4.33. The standard InChI is InChI=1S/C6H9NO5/c7-12-6(10)2-1-5(9)11-4-3-8/h3H,1-2,4,7H2. The number of hydrogen-bond acceptors (Lipinski definition) is 6. The molecule has 0 unspecified atom stereocenters. The summed E-state index contributed by atoms with van der Waals surface area (Å²) >= 11 is 0. The lowest BCUT2D eigenvalue weighted by molar-refractivity contribution is -0.151. The maximum absolute atomic E-state index is 10.6. The van der Waals surface area contributed by atoms with Crippen molar-refractivity contribution in [3.05, 3.63) is 0 Å². The molecule has 12 heavy (non-hydrogen) atoms. The van der Waals surface area contributed by atoms with Crippen molar-refractivity contribution in [1.82, 2.24) is 0 Å². The lowest BCUT2D eigenvalue weighted by Gasteiger charge is -1.98. The highest BCUT2D eigenvalue weighted by Crippen LogP contribution is 1.93. The summed E-state index contributed by atoms with van der Waals surface area (Å²) in [5.74, 6) is 3.17. The lowest BCUT2D eigenvalue weighted by Crippen LogP contribution is -2.13. The number of carbonyl (C=O) groups is 3. The Labute approximate surface area is 68.6 Å². The molecule has 0 rings (SSSR count). The van der Waals surface area contributed by atoms with Crippen LogP contribution in [-0.4, -0.2) is 24.8 Å². The second-order valence-corrected chi connectivity index (χ2v) is 1.84. The molecule has 0 aliphatic rings. The third-order valence-electron chi connectivity index (χ3n) is 0.977. The van der Waals surface area contributed by atoms with Crippen molar-refractivity contribution >= 4 is 18.2 Å². The number of ether oxygens (including phenoxy) is 1. The van der Waals surface area contributed by atoms with Crippen LogP contribution in [0.25, 0.3) is 0 Å². The van der Waals surface area contributed by atoms with E-state index in [1.165, 1.54) is 0 Å². The van der Waals surface area contributed by atoms with E-state index in [1.54, 1.807) is 0 Å². The first-order chi connectivity index (χ1) is 5.70. The largest absolute Gasteiger partial charge is 0.458 e. The summed E-state index contributed by atoms with van der Waals surface area (Å²) in [4.78, 5) is 34.5. The second-order valence-electron chi connectivity index (χ2n) is 1.84. The first-order valence-electron chi connectivity index (χ1n) is 3.19. The van der Waals surface area contributed by atoms with Gasteiger partial charge in [-0.3, -0.25) is 14.4 Å². The molecule has 0 amide bonds. The molecule has 0 atom stereocenters. The van der Waals surface area contributed by atoms with E-state index in [-0.39, 0.29) is 19.4 Å². The predicted molar refractivity (Wildman–Crippen MR) is 36.5 cm³/mol. The van der Waals surface area contributed by atoms with Crippen LogP contribution >= 0.6 is 0 Å². The van der Waals surface area contributed by atoms with Gasteiger partial charge in [-0.1, -0.05) is 0 Å². The van der Waals surface area contributed by atoms with Crippen molar-refractivity contribution in [1.29, 1.82) is 0 Å². The highest BCUT2D eigenvalue weighted by Gasteiger charge is 2.07. The average molecular weight is 175 g/mol. The maximum atomic E-state index is 10.6. The number of aldehydes is 1. The van der Waals surface area contributed by atoms with Crippen molar-refractivity contribution in [2.45, 2.75) is 12.8 Å². The Hall–Kier alpha value is -1.43. The SMILES string of the molecule is NOC(=O)CCC(=O)OCC=O. The van der Waals surface area contributed by atoms with Crippen molar-refractivity contribution in [3.8, 4) is 0 Å². The Kier molecular flexibility index (Phi) is 5.54. The van der Waals surface area contributed by atoms with Gasteiger partial charge in [-0.25, -0.2) is 0 Å². The maximum Gasteiger partial charge on any atom is 0.325 e. The molecule has 0 fully saturated rings. The van der Waals surface area contributed by atoms with Gasteiger partial charge in [0.05, 0.1) is 12.8 Å². The van der Waals surface area contributed by atoms with E-state index in [0.717, 1.165) is 0 Å². The van der Waals surface area contributed by atoms with Crippen LogP contribution in [0.15, 0.2) is 0 Å². The Morgan fingerprint density at radius 1 is 1.25 bits per heavy atom. The third kappa shape index (κ3) is 5.36. The van der Waals surface area contributed by atoms with E-state index < -0.39 is 11.9 Å². The fourth-order valence-corrected chi connectivity index (χ4v) is 0.462. The van der Waals surface area contributed by atoms with Crippen LogP contribution in [0, 0.1) is 0 Å². The molecule has 6 nitrogen and oxygen atoms in total. The third-order valence-corrected chi connectivity index (χ3v) is 0.977. The van der Waals surface area contributed by atoms with Crippen LogP contribution in [0.2, 0.25) is 0 Å². The smallest absolute Gasteiger partial charge is 0.325 e. The molecule has 0 spiro atoms. The van der Waals surface area contributed by atoms with Crippen LogP contribution in [0.3, 0.4) is 0 Å². The van der Waals surface area contributed by atoms with E-state index in [0.29, 0.717) is 6.29 Å². The molecule has 0 saturated heterocycles. The van der Waals surface area contributed by atoms with Gasteiger partial charge >= 0.3 is 11.9 Å². The van der Waals surface area contributed by atoms with Gasteiger partial charge in [0, 0.05) is 0 Å². The molecular weight excluding hydrogens is 166 g/mol. The van der Waals surface area contributed by atoms with Gasteiger partial charge in [0.1, 0.15) is 6.61 Å². The Morgan fingerprint density at radius 3 is 2.33 bits per heavy atom. The van der Waals surface area contributed by atoms with Crippen molar-refractivity contribution in [2.75, 3.05) is 6.61 Å². The normalized spacial score (nSPS) is 8.75. The van der Waals surface area contributed by atoms with Gasteiger partial charge in [0.25, 0.3) is 0 Å². The summed E-state index contributed by atoms with van der Waals surface area (Å²) in [6.45, 7) is -0.295. The minimum Gasteiger partial charge on any atom is -0.458 e. The van der Waals surface area contributed by atoms with Gasteiger partial charge in [-0.2, -0.15) is 5.90 Å². The molecule has 0 bridgehead atoms. The van der Waals surface area contributed by atoms with Crippen LogP contribution in [0.1, 0.15) is 12.8 Å². The average Bonchev–Trinajstić information content (AvgIpc) is 2.10. The van der Waals surface area contributed by atoms with Gasteiger partial charge in [-0.15, -0.1) is 0 Å². The Balaban J connectivity index is 3.43. The molecule has 0 aromatic carbocycles. The van der Waals surface area contributed by atoms with Crippen molar-refractivity contribution < 1.29 is 24.0 Å². The molecule has 0 aromatic rings. The summed E-state index contributed by atoms with van der Waals surface area (Å²) in [5, 5.41) is 0. The molecule has 2 N–H and O–H groups in total. The van der Waals surface area contributed by atoms with Gasteiger partial charge in [0.2, 0.25) is 0 Å². The lowest BCUT2D eigenvalue weighted by atomic mass is 10.3. The van der Waals surface area contributed by atoms with Crippen LogP contribution < -0.4 is 5.90 Å². The molecular formula is C6H9NO5. The topological polar surface area (TPSA) is 95.7 Å². The zero-order valence-electron chi connectivity index (χ0n) is 6.32. The molecule has 0 aliphatic heterocycles. The number of carbonyl (C=O) groups excluding carboxylic acids is 3. The highest BCUT2D eigenvalue weighted by molar-refractivity contribution is 5.78. The number of nitrogens with two attached hydrogens (primary N) is 1. The summed E-state index contributed by atoms with van der Waals surface area (Å²) in [7, 11) is 0. The Bertz CT molecular complexity index is 179. The van der Waals surface area contributed by atoms with Crippen molar-refractivity contribution in [3.63, 3.8) is 0 Å². The van der Waals surface area contributed by atoms with Gasteiger partial charge < -0.3 is 9.57 Å². The van der Waals surface area contributed by atoms with Gasteiger partial charge in [-0.05, 0) is 0 Å². The van der Waals surface area contributed by atoms with Crippen molar-refractivity contribution in [2.24, 2.45) is 5.90 Å². The summed E-state index contributed by atoms with van der Waals surface area (Å²) in [5.41, 5.74) is 0. The molecule has 0 heterocycles. The molecule has 68 valence electrons. The van der Waals surface area contributed by atoms with E-state index in [9.17, 15) is 14.4 Å². The monoisotopic (exact) mass is 175 g/mol. The fraction of sp³-hybridized carbons (Fsp3) is 0.500. The molecule has 6 heteroatoms. The van der Waals surface area contributed by atoms with E-state index >= 15 is 0 Å². The zero-order valence-corrected chi connectivity index (χ0v) is 6.32. The number of hydrogen-bond donors (Lipinski definition) is 1. The highest BCUT2D eigenvalue weighted by atomic mass is 16.7. The molecule has 0 aromatic heterocycles. The molecule has 0 saturated carbocycles. The predicted octanol–water partition coefficient (Wildman–Crippen LogP) is -1.07. The first-order valence-corrected chi connectivity index (χ1v) is 3.19. The Morgan fingerprint density at radius 2 is 1.83 bits per heavy atom. The molecule has 0 aliphatic carbocycles. The minimum absolute atomic E-state index is 0.135. The van der Waals surface area contributed by atoms with Gasteiger partial charge in [0.15, 0.2) is 6.29 Å².